The standard InChI is InChI=1S/C8H11BrO2/c1-2-3-4-7-6(9)5-8(10)11-7/h5,7H,2-4H2,1H3. The predicted octanol–water partition coefficient (Wildman–Crippen LogP) is 2.38. The number of hydrogen-bond acceptors (Lipinski definition) is 2. The summed E-state index contributed by atoms with van der Waals surface area (Å²) < 4.78 is 5.88. The Kier molecular flexibility index (Phi) is 3.12. The predicted molar refractivity (Wildman–Crippen MR) is 46.4 cm³/mol. The number of unbranched alkanes of at least 4 members (excludes halogenated alkanes) is 1. The van der Waals surface area contributed by atoms with Crippen LogP contribution >= 0.6 is 15.9 Å². The van der Waals surface area contributed by atoms with E-state index < -0.39 is 0 Å². The fourth-order valence-electron chi connectivity index (χ4n) is 1.02. The number of halogens is 1. The van der Waals surface area contributed by atoms with E-state index in [1.54, 1.807) is 0 Å². The van der Waals surface area contributed by atoms with E-state index >= 15 is 0 Å². The van der Waals surface area contributed by atoms with Gasteiger partial charge in [-0.25, -0.2) is 4.79 Å². The van der Waals surface area contributed by atoms with Crippen LogP contribution in [0.1, 0.15) is 26.2 Å². The van der Waals surface area contributed by atoms with E-state index in [-0.39, 0.29) is 12.1 Å². The summed E-state index contributed by atoms with van der Waals surface area (Å²) in [5, 5.41) is 0. The lowest BCUT2D eigenvalue weighted by Crippen LogP contribution is -2.08. The Morgan fingerprint density at radius 3 is 2.91 bits per heavy atom. The first-order valence-corrected chi connectivity index (χ1v) is 4.61. The van der Waals surface area contributed by atoms with Gasteiger partial charge in [-0.15, -0.1) is 0 Å². The molecule has 1 atom stereocenters. The van der Waals surface area contributed by atoms with Crippen molar-refractivity contribution in [1.82, 2.24) is 0 Å². The first-order chi connectivity index (χ1) is 5.24. The maximum atomic E-state index is 10.7. The number of carbonyl (C=O) groups excluding carboxylic acids is 1. The molecular formula is C8H11BrO2. The van der Waals surface area contributed by atoms with Crippen LogP contribution in [0, 0.1) is 0 Å². The molecule has 0 aliphatic carbocycles. The lowest BCUT2D eigenvalue weighted by atomic mass is 10.2. The molecule has 0 aromatic heterocycles. The number of hydrogen-bond donors (Lipinski definition) is 0. The minimum Gasteiger partial charge on any atom is -0.454 e. The second kappa shape index (κ2) is 3.90. The maximum Gasteiger partial charge on any atom is 0.332 e. The van der Waals surface area contributed by atoms with Gasteiger partial charge in [-0.2, -0.15) is 0 Å². The zero-order valence-electron chi connectivity index (χ0n) is 6.47. The highest BCUT2D eigenvalue weighted by molar-refractivity contribution is 9.11. The fraction of sp³-hybridized carbons (Fsp3) is 0.625. The number of cyclic esters (lactones) is 1. The maximum absolute atomic E-state index is 10.7. The molecule has 1 heterocycles. The lowest BCUT2D eigenvalue weighted by molar-refractivity contribution is -0.138. The van der Waals surface area contributed by atoms with Crippen LogP contribution in [-0.4, -0.2) is 12.1 Å². The van der Waals surface area contributed by atoms with Crippen LogP contribution in [0.5, 0.6) is 0 Å². The van der Waals surface area contributed by atoms with Crippen molar-refractivity contribution < 1.29 is 9.53 Å². The number of ether oxygens (including phenoxy) is 1. The molecule has 0 saturated heterocycles. The molecule has 0 aromatic rings. The van der Waals surface area contributed by atoms with Gasteiger partial charge < -0.3 is 4.74 Å². The van der Waals surface area contributed by atoms with E-state index in [4.69, 9.17) is 4.74 Å². The Bertz CT molecular complexity index is 187. The van der Waals surface area contributed by atoms with Crippen molar-refractivity contribution >= 4 is 21.9 Å². The summed E-state index contributed by atoms with van der Waals surface area (Å²) in [5.41, 5.74) is 0. The summed E-state index contributed by atoms with van der Waals surface area (Å²) in [6.07, 6.45) is 4.65. The van der Waals surface area contributed by atoms with Crippen molar-refractivity contribution in [2.24, 2.45) is 0 Å². The largest absolute Gasteiger partial charge is 0.454 e. The second-order valence-corrected chi connectivity index (χ2v) is 3.51. The van der Waals surface area contributed by atoms with Crippen molar-refractivity contribution in [3.05, 3.63) is 10.6 Å². The van der Waals surface area contributed by atoms with Gasteiger partial charge in [0.15, 0.2) is 0 Å². The third kappa shape index (κ3) is 2.33. The van der Waals surface area contributed by atoms with Crippen LogP contribution in [0.2, 0.25) is 0 Å². The van der Waals surface area contributed by atoms with Gasteiger partial charge in [0.05, 0.1) is 0 Å². The minimum absolute atomic E-state index is 0.0116. The Hall–Kier alpha value is -0.310. The molecule has 2 nitrogen and oxygen atoms in total. The lowest BCUT2D eigenvalue weighted by Gasteiger charge is -2.08. The SMILES string of the molecule is CCCCC1OC(=O)C=C1Br. The first kappa shape index (κ1) is 8.78. The molecule has 0 radical (unpaired) electrons. The van der Waals surface area contributed by atoms with Crippen molar-refractivity contribution in [1.29, 1.82) is 0 Å². The van der Waals surface area contributed by atoms with Gasteiger partial charge in [0.1, 0.15) is 6.10 Å². The van der Waals surface area contributed by atoms with Crippen LogP contribution in [0.4, 0.5) is 0 Å². The van der Waals surface area contributed by atoms with E-state index in [2.05, 4.69) is 22.9 Å². The van der Waals surface area contributed by atoms with Crippen LogP contribution < -0.4 is 0 Å². The Morgan fingerprint density at radius 1 is 1.73 bits per heavy atom. The molecule has 1 aliphatic rings. The second-order valence-electron chi connectivity index (χ2n) is 2.60. The average Bonchev–Trinajstić information content (AvgIpc) is 2.26. The smallest absolute Gasteiger partial charge is 0.332 e. The Morgan fingerprint density at radius 2 is 2.45 bits per heavy atom. The molecule has 3 heteroatoms. The molecule has 0 aromatic carbocycles. The monoisotopic (exact) mass is 218 g/mol. The van der Waals surface area contributed by atoms with Crippen LogP contribution in [0.3, 0.4) is 0 Å². The van der Waals surface area contributed by atoms with Crippen LogP contribution in [-0.2, 0) is 9.53 Å². The van der Waals surface area contributed by atoms with Crippen molar-refractivity contribution in [3.8, 4) is 0 Å². The molecule has 0 N–H and O–H groups in total. The topological polar surface area (TPSA) is 26.3 Å². The van der Waals surface area contributed by atoms with E-state index in [1.165, 1.54) is 6.08 Å². The van der Waals surface area contributed by atoms with E-state index in [0.29, 0.717) is 0 Å². The van der Waals surface area contributed by atoms with Crippen LogP contribution in [0.25, 0.3) is 0 Å². The summed E-state index contributed by atoms with van der Waals surface area (Å²) in [5.74, 6) is -0.224. The first-order valence-electron chi connectivity index (χ1n) is 3.81. The van der Waals surface area contributed by atoms with E-state index in [9.17, 15) is 4.79 Å². The highest BCUT2D eigenvalue weighted by atomic mass is 79.9. The summed E-state index contributed by atoms with van der Waals surface area (Å²) in [6, 6.07) is 0. The molecule has 1 rings (SSSR count). The highest BCUT2D eigenvalue weighted by Crippen LogP contribution is 2.24. The molecular weight excluding hydrogens is 208 g/mol. The zero-order valence-corrected chi connectivity index (χ0v) is 8.06. The van der Waals surface area contributed by atoms with Gasteiger partial charge in [-0.05, 0) is 12.8 Å². The summed E-state index contributed by atoms with van der Waals surface area (Å²) in [4.78, 5) is 10.7. The fourth-order valence-corrected chi connectivity index (χ4v) is 1.53. The molecule has 0 spiro atoms. The van der Waals surface area contributed by atoms with Gasteiger partial charge >= 0.3 is 5.97 Å². The van der Waals surface area contributed by atoms with Crippen molar-refractivity contribution in [2.75, 3.05) is 0 Å². The molecule has 62 valence electrons. The average molecular weight is 219 g/mol. The van der Waals surface area contributed by atoms with E-state index in [0.717, 1.165) is 23.7 Å². The quantitative estimate of drug-likeness (QED) is 0.681. The summed E-state index contributed by atoms with van der Waals surface area (Å²) >= 11 is 3.29. The van der Waals surface area contributed by atoms with Crippen molar-refractivity contribution in [2.45, 2.75) is 32.3 Å². The number of esters is 1. The minimum atomic E-state index is -0.224. The zero-order chi connectivity index (χ0) is 8.27. The molecule has 11 heavy (non-hydrogen) atoms. The Labute approximate surface area is 74.7 Å². The third-order valence-corrected chi connectivity index (χ3v) is 2.38. The van der Waals surface area contributed by atoms with E-state index in [1.807, 2.05) is 0 Å². The Balaban J connectivity index is 2.38. The van der Waals surface area contributed by atoms with Gasteiger partial charge in [-0.3, -0.25) is 0 Å². The van der Waals surface area contributed by atoms with Gasteiger partial charge in [0, 0.05) is 10.6 Å². The number of carbonyl (C=O) groups is 1. The third-order valence-electron chi connectivity index (χ3n) is 1.64. The molecule has 0 fully saturated rings. The molecule has 0 saturated carbocycles. The molecule has 1 unspecified atom stereocenters. The summed E-state index contributed by atoms with van der Waals surface area (Å²) in [6.45, 7) is 2.12. The highest BCUT2D eigenvalue weighted by Gasteiger charge is 2.22. The molecule has 0 bridgehead atoms. The molecule has 0 amide bonds. The molecule has 1 aliphatic heterocycles. The number of rotatable bonds is 3. The van der Waals surface area contributed by atoms with Gasteiger partial charge in [0.2, 0.25) is 0 Å². The summed E-state index contributed by atoms with van der Waals surface area (Å²) in [7, 11) is 0. The van der Waals surface area contributed by atoms with Gasteiger partial charge in [0.25, 0.3) is 0 Å². The van der Waals surface area contributed by atoms with Crippen molar-refractivity contribution in [3.63, 3.8) is 0 Å². The van der Waals surface area contributed by atoms with Crippen LogP contribution in [0.15, 0.2) is 10.6 Å². The normalized spacial score (nSPS) is 23.3. The van der Waals surface area contributed by atoms with Gasteiger partial charge in [-0.1, -0.05) is 29.3 Å².